The molecule has 0 aliphatic carbocycles. The molecule has 0 radical (unpaired) electrons. The molecule has 6 heteroatoms. The quantitative estimate of drug-likeness (QED) is 0.614. The van der Waals surface area contributed by atoms with Gasteiger partial charge in [0, 0.05) is 0 Å². The van der Waals surface area contributed by atoms with Gasteiger partial charge in [0.25, 0.3) is 0 Å². The number of nitrogens with two attached hydrogens (primary N) is 1. The highest BCUT2D eigenvalue weighted by Gasteiger charge is 2.40. The molecule has 0 bridgehead atoms. The average molecular weight is 268 g/mol. The number of hydrogen-bond donors (Lipinski definition) is 1. The maximum atomic E-state index is 12.4. The van der Waals surface area contributed by atoms with E-state index >= 15 is 0 Å². The second kappa shape index (κ2) is 6.54. The van der Waals surface area contributed by atoms with Gasteiger partial charge in [-0.2, -0.15) is 13.2 Å². The van der Waals surface area contributed by atoms with E-state index < -0.39 is 12.1 Å². The molecule has 1 saturated heterocycles. The predicted octanol–water partition coefficient (Wildman–Crippen LogP) is 2.72. The largest absolute Gasteiger partial charge is 0.393 e. The van der Waals surface area contributed by atoms with Crippen LogP contribution in [0.25, 0.3) is 0 Å². The van der Waals surface area contributed by atoms with Crippen molar-refractivity contribution in [2.24, 2.45) is 11.7 Å². The van der Waals surface area contributed by atoms with Gasteiger partial charge in [-0.25, -0.2) is 0 Å². The Morgan fingerprint density at radius 3 is 2.29 bits per heavy atom. The van der Waals surface area contributed by atoms with Crippen molar-refractivity contribution in [3.63, 3.8) is 0 Å². The van der Waals surface area contributed by atoms with Crippen LogP contribution in [-0.2, 0) is 0 Å². The third kappa shape index (κ3) is 5.68. The first kappa shape index (κ1) is 14.7. The lowest BCUT2D eigenvalue weighted by Gasteiger charge is -2.32. The lowest BCUT2D eigenvalue weighted by atomic mass is 9.96. The Kier molecular flexibility index (Phi) is 5.66. The molecule has 0 spiro atoms. The topological polar surface area (TPSA) is 29.3 Å². The van der Waals surface area contributed by atoms with Crippen LogP contribution < -0.4 is 5.73 Å². The molecule has 0 atom stereocenters. The van der Waals surface area contributed by atoms with E-state index in [0.29, 0.717) is 18.1 Å². The zero-order chi connectivity index (χ0) is 12.9. The fraction of sp³-hybridized carbons (Fsp3) is 0.909. The van der Waals surface area contributed by atoms with Crippen LogP contribution in [-0.4, -0.2) is 35.7 Å². The lowest BCUT2D eigenvalue weighted by molar-refractivity contribution is -0.185. The highest BCUT2D eigenvalue weighted by Crippen LogP contribution is 2.34. The standard InChI is InChI=1S/C11H19F3N2S/c12-11(13,14)9-4-7-16(8-5-9)6-2-1-3-10(15)17/h9H,1-8H2,(H2,15,17). The van der Waals surface area contributed by atoms with E-state index in [4.69, 9.17) is 18.0 Å². The Balaban J connectivity index is 2.13. The number of hydrogen-bond acceptors (Lipinski definition) is 2. The first-order chi connectivity index (χ1) is 7.89. The van der Waals surface area contributed by atoms with E-state index in [9.17, 15) is 13.2 Å². The fourth-order valence-electron chi connectivity index (χ4n) is 2.12. The van der Waals surface area contributed by atoms with Crippen LogP contribution in [0.5, 0.6) is 0 Å². The Morgan fingerprint density at radius 1 is 1.24 bits per heavy atom. The van der Waals surface area contributed by atoms with Crippen molar-refractivity contribution >= 4 is 17.2 Å². The summed E-state index contributed by atoms with van der Waals surface area (Å²) in [7, 11) is 0. The van der Waals surface area contributed by atoms with Crippen LogP contribution >= 0.6 is 12.2 Å². The van der Waals surface area contributed by atoms with Crippen molar-refractivity contribution in [2.75, 3.05) is 19.6 Å². The number of alkyl halides is 3. The highest BCUT2D eigenvalue weighted by molar-refractivity contribution is 7.80. The number of likely N-dealkylation sites (tertiary alicyclic amines) is 1. The number of unbranched alkanes of at least 4 members (excludes halogenated alkanes) is 1. The molecule has 1 rings (SSSR count). The first-order valence-corrected chi connectivity index (χ1v) is 6.38. The Hall–Kier alpha value is -0.360. The second-order valence-electron chi connectivity index (χ2n) is 4.58. The van der Waals surface area contributed by atoms with Crippen molar-refractivity contribution in [3.8, 4) is 0 Å². The van der Waals surface area contributed by atoms with Gasteiger partial charge in [-0.15, -0.1) is 0 Å². The molecule has 1 heterocycles. The van der Waals surface area contributed by atoms with E-state index in [1.807, 2.05) is 0 Å². The van der Waals surface area contributed by atoms with Crippen molar-refractivity contribution < 1.29 is 13.2 Å². The van der Waals surface area contributed by atoms with Crippen molar-refractivity contribution in [2.45, 2.75) is 38.3 Å². The molecule has 0 amide bonds. The molecule has 1 aliphatic heterocycles. The van der Waals surface area contributed by atoms with Crippen LogP contribution in [0.2, 0.25) is 0 Å². The summed E-state index contributed by atoms with van der Waals surface area (Å²) >= 11 is 4.76. The summed E-state index contributed by atoms with van der Waals surface area (Å²) in [4.78, 5) is 2.61. The third-order valence-corrected chi connectivity index (χ3v) is 3.40. The van der Waals surface area contributed by atoms with Gasteiger partial charge in [-0.05, 0) is 51.7 Å². The normalized spacial score (nSPS) is 19.5. The third-order valence-electron chi connectivity index (χ3n) is 3.20. The van der Waals surface area contributed by atoms with E-state index in [1.54, 1.807) is 0 Å². The molecule has 17 heavy (non-hydrogen) atoms. The molecule has 0 aromatic rings. The molecule has 1 fully saturated rings. The molecule has 0 aromatic heterocycles. The Bertz CT molecular complexity index is 248. The second-order valence-corrected chi connectivity index (χ2v) is 5.11. The van der Waals surface area contributed by atoms with Crippen LogP contribution in [0.15, 0.2) is 0 Å². The minimum absolute atomic E-state index is 0.235. The van der Waals surface area contributed by atoms with E-state index in [1.165, 1.54) is 0 Å². The molecule has 0 saturated carbocycles. The van der Waals surface area contributed by atoms with Crippen LogP contribution in [0.1, 0.15) is 32.1 Å². The van der Waals surface area contributed by atoms with E-state index in [0.717, 1.165) is 25.8 Å². The van der Waals surface area contributed by atoms with Gasteiger partial charge in [0.05, 0.1) is 10.9 Å². The first-order valence-electron chi connectivity index (χ1n) is 5.97. The van der Waals surface area contributed by atoms with Gasteiger partial charge in [0.1, 0.15) is 0 Å². The van der Waals surface area contributed by atoms with Crippen LogP contribution in [0, 0.1) is 5.92 Å². The molecular formula is C11H19F3N2S. The van der Waals surface area contributed by atoms with Gasteiger partial charge in [-0.3, -0.25) is 0 Å². The minimum Gasteiger partial charge on any atom is -0.393 e. The van der Waals surface area contributed by atoms with Crippen molar-refractivity contribution in [3.05, 3.63) is 0 Å². The summed E-state index contributed by atoms with van der Waals surface area (Å²) in [6.45, 7) is 1.96. The summed E-state index contributed by atoms with van der Waals surface area (Å²) in [6, 6.07) is 0. The zero-order valence-electron chi connectivity index (χ0n) is 9.80. The summed E-state index contributed by atoms with van der Waals surface area (Å²) in [6.07, 6.45) is -0.938. The number of rotatable bonds is 5. The maximum Gasteiger partial charge on any atom is 0.391 e. The highest BCUT2D eigenvalue weighted by atomic mass is 32.1. The van der Waals surface area contributed by atoms with Gasteiger partial charge in [-0.1, -0.05) is 12.2 Å². The monoisotopic (exact) mass is 268 g/mol. The average Bonchev–Trinajstić information content (AvgIpc) is 2.23. The summed E-state index contributed by atoms with van der Waals surface area (Å²) in [5.74, 6) is -1.10. The molecule has 2 nitrogen and oxygen atoms in total. The summed E-state index contributed by atoms with van der Waals surface area (Å²) < 4.78 is 37.3. The predicted molar refractivity (Wildman–Crippen MR) is 65.9 cm³/mol. The van der Waals surface area contributed by atoms with Crippen molar-refractivity contribution in [1.29, 1.82) is 0 Å². The number of nitrogens with zero attached hydrogens (tertiary/aromatic N) is 1. The van der Waals surface area contributed by atoms with Gasteiger partial charge in [0.15, 0.2) is 0 Å². The maximum absolute atomic E-state index is 12.4. The van der Waals surface area contributed by atoms with Gasteiger partial charge < -0.3 is 10.6 Å². The van der Waals surface area contributed by atoms with Crippen LogP contribution in [0.3, 0.4) is 0 Å². The summed E-state index contributed by atoms with van der Waals surface area (Å²) in [5.41, 5.74) is 5.37. The Morgan fingerprint density at radius 2 is 1.82 bits per heavy atom. The minimum atomic E-state index is -4.02. The number of piperidine rings is 1. The molecule has 0 aromatic carbocycles. The molecule has 100 valence electrons. The molecule has 2 N–H and O–H groups in total. The summed E-state index contributed by atoms with van der Waals surface area (Å²) in [5, 5.41) is 0. The number of halogens is 3. The smallest absolute Gasteiger partial charge is 0.391 e. The number of thiocarbonyl (C=S) groups is 1. The fourth-order valence-corrected chi connectivity index (χ4v) is 2.26. The van der Waals surface area contributed by atoms with Gasteiger partial charge >= 0.3 is 6.18 Å². The van der Waals surface area contributed by atoms with Gasteiger partial charge in [0.2, 0.25) is 0 Å². The van der Waals surface area contributed by atoms with E-state index in [-0.39, 0.29) is 12.8 Å². The lowest BCUT2D eigenvalue weighted by Crippen LogP contribution is -2.39. The Labute approximate surface area is 105 Å². The van der Waals surface area contributed by atoms with Crippen LogP contribution in [0.4, 0.5) is 13.2 Å². The van der Waals surface area contributed by atoms with Crippen molar-refractivity contribution in [1.82, 2.24) is 4.90 Å². The molecule has 0 unspecified atom stereocenters. The SMILES string of the molecule is NC(=S)CCCCN1CCC(C(F)(F)F)CC1. The zero-order valence-corrected chi connectivity index (χ0v) is 10.6. The molecule has 1 aliphatic rings. The van der Waals surface area contributed by atoms with E-state index in [2.05, 4.69) is 4.90 Å². The molecular weight excluding hydrogens is 249 g/mol.